The number of nitrogens with zero attached hydrogens (tertiary/aromatic N) is 2. The number of rotatable bonds is 7. The molecule has 1 aromatic carbocycles. The SMILES string of the molecule is O=c1nc(OC(C2=CC=CCC2)C2=COC=CO2)cc2n1CCc1cc(OCC3CCCO3)ccc1-2. The summed E-state index contributed by atoms with van der Waals surface area (Å²) in [6.07, 6.45) is 14.7. The van der Waals surface area contributed by atoms with Crippen molar-refractivity contribution in [2.45, 2.75) is 50.9 Å². The summed E-state index contributed by atoms with van der Waals surface area (Å²) in [5.74, 6) is 1.57. The van der Waals surface area contributed by atoms with Gasteiger partial charge in [0.15, 0.2) is 11.9 Å². The third kappa shape index (κ3) is 4.68. The third-order valence-corrected chi connectivity index (χ3v) is 6.81. The highest BCUT2D eigenvalue weighted by Gasteiger charge is 2.27. The molecule has 36 heavy (non-hydrogen) atoms. The van der Waals surface area contributed by atoms with Gasteiger partial charge in [-0.05, 0) is 61.4 Å². The number of ether oxygens (including phenoxy) is 5. The Bertz CT molecular complexity index is 1320. The van der Waals surface area contributed by atoms with E-state index in [0.717, 1.165) is 66.9 Å². The van der Waals surface area contributed by atoms with Gasteiger partial charge in [-0.1, -0.05) is 18.2 Å². The first-order valence-corrected chi connectivity index (χ1v) is 12.4. The lowest BCUT2D eigenvalue weighted by molar-refractivity contribution is 0.0679. The lowest BCUT2D eigenvalue weighted by Crippen LogP contribution is -2.31. The first-order valence-electron chi connectivity index (χ1n) is 12.4. The molecule has 4 heterocycles. The van der Waals surface area contributed by atoms with Crippen molar-refractivity contribution in [2.75, 3.05) is 13.2 Å². The van der Waals surface area contributed by atoms with E-state index in [4.69, 9.17) is 23.7 Å². The molecule has 0 spiro atoms. The second-order valence-corrected chi connectivity index (χ2v) is 9.18. The number of allylic oxidation sites excluding steroid dienone is 3. The number of hydrogen-bond acceptors (Lipinski definition) is 7. The maximum atomic E-state index is 13.0. The van der Waals surface area contributed by atoms with Gasteiger partial charge in [-0.3, -0.25) is 4.57 Å². The minimum Gasteiger partial charge on any atom is -0.491 e. The molecule has 8 heteroatoms. The Morgan fingerprint density at radius 2 is 2.17 bits per heavy atom. The number of fused-ring (bicyclic) bond motifs is 3. The van der Waals surface area contributed by atoms with Gasteiger partial charge in [-0.25, -0.2) is 4.79 Å². The molecule has 4 aliphatic rings. The van der Waals surface area contributed by atoms with E-state index in [1.54, 1.807) is 4.57 Å². The molecule has 0 radical (unpaired) electrons. The summed E-state index contributed by atoms with van der Waals surface area (Å²) in [6, 6.07) is 7.84. The van der Waals surface area contributed by atoms with Gasteiger partial charge in [-0.2, -0.15) is 4.98 Å². The largest absolute Gasteiger partial charge is 0.491 e. The van der Waals surface area contributed by atoms with Crippen LogP contribution in [-0.2, 0) is 27.2 Å². The molecule has 0 bridgehead atoms. The highest BCUT2D eigenvalue weighted by atomic mass is 16.6. The van der Waals surface area contributed by atoms with E-state index in [9.17, 15) is 4.79 Å². The van der Waals surface area contributed by atoms with Crippen LogP contribution < -0.4 is 15.2 Å². The minimum atomic E-state index is -0.550. The van der Waals surface area contributed by atoms with Crippen LogP contribution in [0.15, 0.2) is 77.4 Å². The molecule has 2 aromatic rings. The van der Waals surface area contributed by atoms with Crippen LogP contribution in [0.4, 0.5) is 0 Å². The first-order chi connectivity index (χ1) is 17.7. The third-order valence-electron chi connectivity index (χ3n) is 6.81. The Morgan fingerprint density at radius 3 is 2.97 bits per heavy atom. The molecule has 0 saturated carbocycles. The Balaban J connectivity index is 1.28. The Kier molecular flexibility index (Phi) is 6.34. The second kappa shape index (κ2) is 10.1. The normalized spacial score (nSPS) is 20.8. The summed E-state index contributed by atoms with van der Waals surface area (Å²) < 4.78 is 30.6. The minimum absolute atomic E-state index is 0.165. The second-order valence-electron chi connectivity index (χ2n) is 9.18. The predicted octanol–water partition coefficient (Wildman–Crippen LogP) is 4.41. The lowest BCUT2D eigenvalue weighted by atomic mass is 9.97. The van der Waals surface area contributed by atoms with Crippen molar-refractivity contribution in [3.8, 4) is 22.9 Å². The number of hydrogen-bond donors (Lipinski definition) is 0. The van der Waals surface area contributed by atoms with Crippen LogP contribution in [0.3, 0.4) is 0 Å². The number of aryl methyl sites for hydroxylation is 1. The van der Waals surface area contributed by atoms with Gasteiger partial charge in [0.1, 0.15) is 31.1 Å². The summed E-state index contributed by atoms with van der Waals surface area (Å²) in [5, 5.41) is 0. The fraction of sp³-hybridized carbons (Fsp3) is 0.357. The zero-order valence-electron chi connectivity index (χ0n) is 19.9. The van der Waals surface area contributed by atoms with Crippen molar-refractivity contribution in [3.05, 3.63) is 88.7 Å². The fourth-order valence-corrected chi connectivity index (χ4v) is 4.97. The van der Waals surface area contributed by atoms with E-state index in [1.807, 2.05) is 30.4 Å². The average molecular weight is 489 g/mol. The quantitative estimate of drug-likeness (QED) is 0.571. The molecule has 1 aliphatic carbocycles. The van der Waals surface area contributed by atoms with E-state index >= 15 is 0 Å². The van der Waals surface area contributed by atoms with Crippen LogP contribution in [-0.4, -0.2) is 35.0 Å². The zero-order chi connectivity index (χ0) is 24.3. The molecular weight excluding hydrogens is 460 g/mol. The molecule has 0 N–H and O–H groups in total. The maximum Gasteiger partial charge on any atom is 0.351 e. The highest BCUT2D eigenvalue weighted by molar-refractivity contribution is 5.67. The van der Waals surface area contributed by atoms with E-state index in [-0.39, 0.29) is 17.7 Å². The van der Waals surface area contributed by atoms with E-state index in [0.29, 0.717) is 18.9 Å². The summed E-state index contributed by atoms with van der Waals surface area (Å²) in [7, 11) is 0. The fourth-order valence-electron chi connectivity index (χ4n) is 4.97. The van der Waals surface area contributed by atoms with Crippen LogP contribution in [0.1, 0.15) is 31.2 Å². The summed E-state index contributed by atoms with van der Waals surface area (Å²) in [5.41, 5.74) is 3.58. The smallest absolute Gasteiger partial charge is 0.351 e. The van der Waals surface area contributed by atoms with Crippen LogP contribution in [0.2, 0.25) is 0 Å². The van der Waals surface area contributed by atoms with Crippen molar-refractivity contribution >= 4 is 0 Å². The van der Waals surface area contributed by atoms with Gasteiger partial charge in [0.05, 0.1) is 11.8 Å². The lowest BCUT2D eigenvalue weighted by Gasteiger charge is -2.26. The molecule has 1 saturated heterocycles. The van der Waals surface area contributed by atoms with Gasteiger partial charge < -0.3 is 23.7 Å². The molecule has 186 valence electrons. The van der Waals surface area contributed by atoms with Crippen molar-refractivity contribution in [1.82, 2.24) is 9.55 Å². The van der Waals surface area contributed by atoms with Gasteiger partial charge >= 0.3 is 5.69 Å². The highest BCUT2D eigenvalue weighted by Crippen LogP contribution is 2.34. The molecule has 1 aromatic heterocycles. The van der Waals surface area contributed by atoms with Crippen LogP contribution >= 0.6 is 0 Å². The van der Waals surface area contributed by atoms with E-state index in [1.165, 1.54) is 18.8 Å². The predicted molar refractivity (Wildman–Crippen MR) is 132 cm³/mol. The van der Waals surface area contributed by atoms with Crippen LogP contribution in [0.25, 0.3) is 11.3 Å². The number of benzene rings is 1. The van der Waals surface area contributed by atoms with E-state index < -0.39 is 6.10 Å². The molecule has 8 nitrogen and oxygen atoms in total. The van der Waals surface area contributed by atoms with Crippen molar-refractivity contribution in [2.24, 2.45) is 0 Å². The van der Waals surface area contributed by atoms with E-state index in [2.05, 4.69) is 17.1 Å². The standard InChI is InChI=1S/C28H28N2O6/c31-28-29-26(36-27(19-5-2-1-3-6-19)25-18-32-13-14-34-25)16-24-23-9-8-21(15-20(23)10-11-30(24)28)35-17-22-7-4-12-33-22/h1-2,5,8-9,13-16,18,22,27H,3-4,6-7,10-12,17H2. The average Bonchev–Trinajstić information content (AvgIpc) is 3.45. The first kappa shape index (κ1) is 22.7. The summed E-state index contributed by atoms with van der Waals surface area (Å²) in [4.78, 5) is 17.2. The maximum absolute atomic E-state index is 13.0. The van der Waals surface area contributed by atoms with Crippen molar-refractivity contribution in [3.63, 3.8) is 0 Å². The van der Waals surface area contributed by atoms with Gasteiger partial charge in [0.25, 0.3) is 0 Å². The molecule has 2 unspecified atom stereocenters. The molecule has 6 rings (SSSR count). The van der Waals surface area contributed by atoms with Crippen LogP contribution in [0, 0.1) is 0 Å². The summed E-state index contributed by atoms with van der Waals surface area (Å²) in [6.45, 7) is 1.92. The molecule has 3 aliphatic heterocycles. The van der Waals surface area contributed by atoms with Crippen molar-refractivity contribution < 1.29 is 23.7 Å². The Labute approximate surface area is 209 Å². The van der Waals surface area contributed by atoms with Gasteiger partial charge in [-0.15, -0.1) is 0 Å². The Hall–Kier alpha value is -3.78. The summed E-state index contributed by atoms with van der Waals surface area (Å²) >= 11 is 0. The number of aromatic nitrogens is 2. The topological polar surface area (TPSA) is 81.0 Å². The zero-order valence-corrected chi connectivity index (χ0v) is 19.9. The van der Waals surface area contributed by atoms with Gasteiger partial charge in [0, 0.05) is 24.8 Å². The Morgan fingerprint density at radius 1 is 1.19 bits per heavy atom. The monoisotopic (exact) mass is 488 g/mol. The van der Waals surface area contributed by atoms with Crippen LogP contribution in [0.5, 0.6) is 11.6 Å². The molecule has 0 amide bonds. The molecular formula is C28H28N2O6. The van der Waals surface area contributed by atoms with Crippen molar-refractivity contribution in [1.29, 1.82) is 0 Å². The molecule has 1 fully saturated rings. The van der Waals surface area contributed by atoms with Gasteiger partial charge in [0.2, 0.25) is 5.88 Å². The molecule has 2 atom stereocenters.